The number of nitrogens with zero attached hydrogens (tertiary/aromatic N) is 3. The van der Waals surface area contributed by atoms with Gasteiger partial charge in [-0.05, 0) is 32.8 Å². The number of rotatable bonds is 5. The highest BCUT2D eigenvalue weighted by atomic mass is 16.5. The summed E-state index contributed by atoms with van der Waals surface area (Å²) in [6.07, 6.45) is 1.84. The van der Waals surface area contributed by atoms with E-state index in [1.807, 2.05) is 18.3 Å². The number of likely N-dealkylation sites (N-methyl/N-ethyl adjacent to an activating group) is 3. The fourth-order valence-corrected chi connectivity index (χ4v) is 2.85. The van der Waals surface area contributed by atoms with Crippen molar-refractivity contribution in [2.45, 2.75) is 19.0 Å². The van der Waals surface area contributed by atoms with Crippen LogP contribution in [0.15, 0.2) is 18.3 Å². The average Bonchev–Trinajstić information content (AvgIpc) is 2.47. The van der Waals surface area contributed by atoms with Crippen molar-refractivity contribution in [1.82, 2.24) is 20.1 Å². The molecular weight excluding hydrogens is 252 g/mol. The Bertz CT molecular complexity index is 426. The van der Waals surface area contributed by atoms with Crippen LogP contribution in [0.3, 0.4) is 0 Å². The molecule has 1 aliphatic heterocycles. The van der Waals surface area contributed by atoms with Crippen molar-refractivity contribution in [3.8, 4) is 5.75 Å². The minimum atomic E-state index is 0.184. The second-order valence-electron chi connectivity index (χ2n) is 5.44. The molecule has 1 aromatic rings. The monoisotopic (exact) mass is 278 g/mol. The molecule has 0 bridgehead atoms. The zero-order valence-corrected chi connectivity index (χ0v) is 13.0. The van der Waals surface area contributed by atoms with Crippen LogP contribution in [0.4, 0.5) is 0 Å². The van der Waals surface area contributed by atoms with Crippen LogP contribution in [0.5, 0.6) is 5.75 Å². The molecule has 0 spiro atoms. The van der Waals surface area contributed by atoms with Crippen LogP contribution in [0.25, 0.3) is 0 Å². The van der Waals surface area contributed by atoms with Gasteiger partial charge in [-0.25, -0.2) is 0 Å². The molecule has 0 saturated carbocycles. The summed E-state index contributed by atoms with van der Waals surface area (Å²) >= 11 is 0. The number of hydrogen-bond donors (Lipinski definition) is 1. The average molecular weight is 278 g/mol. The lowest BCUT2D eigenvalue weighted by Crippen LogP contribution is -2.55. The van der Waals surface area contributed by atoms with E-state index in [-0.39, 0.29) is 6.04 Å². The van der Waals surface area contributed by atoms with Gasteiger partial charge in [0.2, 0.25) is 0 Å². The first-order valence-electron chi connectivity index (χ1n) is 7.28. The van der Waals surface area contributed by atoms with Gasteiger partial charge in [0.05, 0.1) is 13.2 Å². The third kappa shape index (κ3) is 3.29. The van der Waals surface area contributed by atoms with Crippen molar-refractivity contribution in [3.05, 3.63) is 24.0 Å². The van der Waals surface area contributed by atoms with E-state index >= 15 is 0 Å². The highest BCUT2D eigenvalue weighted by molar-refractivity contribution is 5.30. The van der Waals surface area contributed by atoms with Crippen LogP contribution in [0, 0.1) is 0 Å². The van der Waals surface area contributed by atoms with Crippen LogP contribution in [0.2, 0.25) is 0 Å². The maximum atomic E-state index is 5.49. The fraction of sp³-hybridized carbons (Fsp3) is 0.667. The second-order valence-corrected chi connectivity index (χ2v) is 5.44. The largest absolute Gasteiger partial charge is 0.495 e. The molecule has 1 saturated heterocycles. The molecule has 5 nitrogen and oxygen atoms in total. The van der Waals surface area contributed by atoms with Gasteiger partial charge in [-0.2, -0.15) is 0 Å². The van der Waals surface area contributed by atoms with Crippen LogP contribution in [-0.4, -0.2) is 68.2 Å². The summed E-state index contributed by atoms with van der Waals surface area (Å²) in [6.45, 7) is 6.28. The Labute approximate surface area is 121 Å². The molecule has 2 rings (SSSR count). The van der Waals surface area contributed by atoms with Gasteiger partial charge >= 0.3 is 0 Å². The molecule has 5 heteroatoms. The molecule has 1 aliphatic rings. The second kappa shape index (κ2) is 7.02. The van der Waals surface area contributed by atoms with Gasteiger partial charge in [0.15, 0.2) is 0 Å². The molecule has 1 aromatic heterocycles. The molecule has 0 radical (unpaired) electrons. The lowest BCUT2D eigenvalue weighted by atomic mass is 9.99. The molecule has 0 aromatic carbocycles. The quantitative estimate of drug-likeness (QED) is 0.870. The predicted octanol–water partition coefficient (Wildman–Crippen LogP) is 0.987. The molecule has 2 atom stereocenters. The van der Waals surface area contributed by atoms with E-state index in [1.54, 1.807) is 7.11 Å². The van der Waals surface area contributed by atoms with Gasteiger partial charge < -0.3 is 15.0 Å². The molecule has 1 fully saturated rings. The van der Waals surface area contributed by atoms with Crippen LogP contribution in [0.1, 0.15) is 18.7 Å². The Morgan fingerprint density at radius 1 is 1.45 bits per heavy atom. The standard InChI is InChI=1S/C15H26N4O/c1-5-16-14(12-11-18(2)9-10-19(12)3)15-13(20-4)7-6-8-17-15/h6-8,12,14,16H,5,9-11H2,1-4H3. The number of ether oxygens (including phenoxy) is 1. The van der Waals surface area contributed by atoms with Crippen LogP contribution < -0.4 is 10.1 Å². The van der Waals surface area contributed by atoms with E-state index in [0.29, 0.717) is 6.04 Å². The normalized spacial score (nSPS) is 22.7. The van der Waals surface area contributed by atoms with Crippen LogP contribution in [-0.2, 0) is 0 Å². The third-order valence-electron chi connectivity index (χ3n) is 4.02. The van der Waals surface area contributed by atoms with Gasteiger partial charge in [0.25, 0.3) is 0 Å². The minimum absolute atomic E-state index is 0.184. The Morgan fingerprint density at radius 2 is 2.25 bits per heavy atom. The Hall–Kier alpha value is -1.17. The molecule has 2 heterocycles. The Kier molecular flexibility index (Phi) is 5.34. The first-order chi connectivity index (χ1) is 9.67. The molecule has 0 aliphatic carbocycles. The van der Waals surface area contributed by atoms with E-state index < -0.39 is 0 Å². The van der Waals surface area contributed by atoms with Gasteiger partial charge in [-0.3, -0.25) is 9.88 Å². The van der Waals surface area contributed by atoms with Crippen molar-refractivity contribution < 1.29 is 4.74 Å². The molecule has 20 heavy (non-hydrogen) atoms. The topological polar surface area (TPSA) is 40.6 Å². The summed E-state index contributed by atoms with van der Waals surface area (Å²) in [6, 6.07) is 4.49. The molecular formula is C15H26N4O. The number of methoxy groups -OCH3 is 1. The number of piperazine rings is 1. The lowest BCUT2D eigenvalue weighted by Gasteiger charge is -2.42. The molecule has 0 amide bonds. The first-order valence-corrected chi connectivity index (χ1v) is 7.28. The molecule has 112 valence electrons. The molecule has 2 unspecified atom stereocenters. The smallest absolute Gasteiger partial charge is 0.142 e. The van der Waals surface area contributed by atoms with Gasteiger partial charge in [-0.15, -0.1) is 0 Å². The van der Waals surface area contributed by atoms with Crippen molar-refractivity contribution in [2.75, 3.05) is 47.4 Å². The predicted molar refractivity (Wildman–Crippen MR) is 81.1 cm³/mol. The maximum absolute atomic E-state index is 5.49. The van der Waals surface area contributed by atoms with E-state index in [2.05, 4.69) is 41.1 Å². The van der Waals surface area contributed by atoms with Crippen molar-refractivity contribution in [3.63, 3.8) is 0 Å². The highest BCUT2D eigenvalue weighted by Crippen LogP contribution is 2.28. The van der Waals surface area contributed by atoms with E-state index in [0.717, 1.165) is 37.6 Å². The fourth-order valence-electron chi connectivity index (χ4n) is 2.85. The third-order valence-corrected chi connectivity index (χ3v) is 4.02. The molecule has 1 N–H and O–H groups in total. The summed E-state index contributed by atoms with van der Waals surface area (Å²) in [5.41, 5.74) is 1.00. The number of nitrogens with one attached hydrogen (secondary N) is 1. The van der Waals surface area contributed by atoms with E-state index in [1.165, 1.54) is 0 Å². The Balaban J connectivity index is 2.29. The summed E-state index contributed by atoms with van der Waals surface area (Å²) in [5.74, 6) is 0.861. The maximum Gasteiger partial charge on any atom is 0.142 e. The SMILES string of the molecule is CCNC(c1ncccc1OC)C1CN(C)CCN1C. The summed E-state index contributed by atoms with van der Waals surface area (Å²) < 4.78 is 5.49. The zero-order valence-electron chi connectivity index (χ0n) is 13.0. The van der Waals surface area contributed by atoms with E-state index in [4.69, 9.17) is 4.74 Å². The van der Waals surface area contributed by atoms with Crippen LogP contribution >= 0.6 is 0 Å². The van der Waals surface area contributed by atoms with Crippen molar-refractivity contribution >= 4 is 0 Å². The zero-order chi connectivity index (χ0) is 14.5. The van der Waals surface area contributed by atoms with Gasteiger partial charge in [0.1, 0.15) is 11.4 Å². The summed E-state index contributed by atoms with van der Waals surface area (Å²) in [5, 5.41) is 3.58. The van der Waals surface area contributed by atoms with Crippen molar-refractivity contribution in [2.24, 2.45) is 0 Å². The first kappa shape index (κ1) is 15.2. The van der Waals surface area contributed by atoms with Gasteiger partial charge in [-0.1, -0.05) is 6.92 Å². The Morgan fingerprint density at radius 3 is 2.95 bits per heavy atom. The minimum Gasteiger partial charge on any atom is -0.495 e. The highest BCUT2D eigenvalue weighted by Gasteiger charge is 2.32. The number of hydrogen-bond acceptors (Lipinski definition) is 5. The number of aromatic nitrogens is 1. The number of pyridine rings is 1. The van der Waals surface area contributed by atoms with Crippen molar-refractivity contribution in [1.29, 1.82) is 0 Å². The van der Waals surface area contributed by atoms with Gasteiger partial charge in [0, 0.05) is 31.9 Å². The summed E-state index contributed by atoms with van der Waals surface area (Å²) in [7, 11) is 6.08. The summed E-state index contributed by atoms with van der Waals surface area (Å²) in [4.78, 5) is 9.37. The lowest BCUT2D eigenvalue weighted by molar-refractivity contribution is 0.0862. The van der Waals surface area contributed by atoms with E-state index in [9.17, 15) is 0 Å².